The number of phenols is 1. The van der Waals surface area contributed by atoms with Crippen molar-refractivity contribution >= 4 is 5.91 Å². The van der Waals surface area contributed by atoms with Crippen LogP contribution in [0.1, 0.15) is 52.4 Å². The molecule has 0 fully saturated rings. The summed E-state index contributed by atoms with van der Waals surface area (Å²) in [6.07, 6.45) is 0. The van der Waals surface area contributed by atoms with Crippen LogP contribution in [0.25, 0.3) is 0 Å². The Morgan fingerprint density at radius 1 is 1.12 bits per heavy atom. The van der Waals surface area contributed by atoms with E-state index in [0.717, 1.165) is 12.1 Å². The number of aromatic hydroxyl groups is 1. The molecule has 0 unspecified atom stereocenters. The van der Waals surface area contributed by atoms with Crippen molar-refractivity contribution in [2.24, 2.45) is 0 Å². The lowest BCUT2D eigenvalue weighted by molar-refractivity contribution is 0.0749. The first-order chi connectivity index (χ1) is 11.3. The molecular formula is C19H19F2NO2. The number of amides is 1. The minimum Gasteiger partial charge on any atom is -0.508 e. The Hall–Kier alpha value is -2.43. The lowest BCUT2D eigenvalue weighted by atomic mass is 9.96. The van der Waals surface area contributed by atoms with Gasteiger partial charge in [0.25, 0.3) is 5.91 Å². The van der Waals surface area contributed by atoms with Crippen molar-refractivity contribution in [1.82, 2.24) is 4.90 Å². The maximum atomic E-state index is 13.9. The first-order valence-corrected chi connectivity index (χ1v) is 7.88. The highest BCUT2D eigenvalue weighted by molar-refractivity contribution is 5.96. The van der Waals surface area contributed by atoms with E-state index in [4.69, 9.17) is 0 Å². The third-order valence-electron chi connectivity index (χ3n) is 4.53. The van der Waals surface area contributed by atoms with E-state index in [1.807, 2.05) is 13.8 Å². The van der Waals surface area contributed by atoms with E-state index < -0.39 is 11.6 Å². The number of halogens is 2. The number of nitrogens with zero attached hydrogens (tertiary/aromatic N) is 1. The zero-order valence-electron chi connectivity index (χ0n) is 13.9. The minimum absolute atomic E-state index is 0.0507. The quantitative estimate of drug-likeness (QED) is 0.893. The average Bonchev–Trinajstić information content (AvgIpc) is 2.96. The number of carbonyl (C=O) groups excluding carboxylic acids is 1. The second kappa shape index (κ2) is 5.89. The molecule has 0 aliphatic carbocycles. The summed E-state index contributed by atoms with van der Waals surface area (Å²) in [5.41, 5.74) is 2.25. The Bertz CT molecular complexity index is 800. The van der Waals surface area contributed by atoms with Crippen molar-refractivity contribution in [3.8, 4) is 5.75 Å². The number of carbonyl (C=O) groups is 1. The molecule has 1 N–H and O–H groups in total. The molecule has 0 aromatic heterocycles. The molecule has 0 saturated carbocycles. The van der Waals surface area contributed by atoms with Gasteiger partial charge in [-0.1, -0.05) is 13.8 Å². The molecule has 3 nitrogen and oxygen atoms in total. The van der Waals surface area contributed by atoms with Gasteiger partial charge < -0.3 is 10.0 Å². The van der Waals surface area contributed by atoms with Gasteiger partial charge in [0.15, 0.2) is 0 Å². The molecule has 1 aliphatic heterocycles. The Balaban J connectivity index is 1.96. The predicted molar refractivity (Wildman–Crippen MR) is 86.9 cm³/mol. The summed E-state index contributed by atoms with van der Waals surface area (Å²) in [5, 5.41) is 10.0. The topological polar surface area (TPSA) is 40.5 Å². The molecule has 1 heterocycles. The maximum absolute atomic E-state index is 13.9. The van der Waals surface area contributed by atoms with Gasteiger partial charge in [-0.05, 0) is 48.2 Å². The molecule has 1 amide bonds. The van der Waals surface area contributed by atoms with E-state index >= 15 is 0 Å². The molecule has 3 rings (SSSR count). The number of benzene rings is 2. The monoisotopic (exact) mass is 331 g/mol. The summed E-state index contributed by atoms with van der Waals surface area (Å²) in [7, 11) is 0. The Labute approximate surface area is 139 Å². The molecule has 0 bridgehead atoms. The van der Waals surface area contributed by atoms with Gasteiger partial charge in [0.05, 0.1) is 0 Å². The highest BCUT2D eigenvalue weighted by Gasteiger charge is 2.30. The molecule has 2 aromatic carbocycles. The molecule has 0 radical (unpaired) electrons. The molecule has 24 heavy (non-hydrogen) atoms. The first kappa shape index (κ1) is 16.4. The molecule has 1 aliphatic rings. The molecule has 5 heteroatoms. The molecule has 0 saturated heterocycles. The number of hydrogen-bond donors (Lipinski definition) is 1. The number of phenolic OH excluding ortho intramolecular Hbond substituents is 1. The summed E-state index contributed by atoms with van der Waals surface area (Å²) >= 11 is 0. The van der Waals surface area contributed by atoms with Crippen molar-refractivity contribution in [1.29, 1.82) is 0 Å². The second-order valence-corrected chi connectivity index (χ2v) is 6.53. The van der Waals surface area contributed by atoms with Crippen LogP contribution >= 0.6 is 0 Å². The number of rotatable bonds is 2. The molecule has 126 valence electrons. The van der Waals surface area contributed by atoms with Gasteiger partial charge >= 0.3 is 0 Å². The van der Waals surface area contributed by atoms with Crippen molar-refractivity contribution in [2.45, 2.75) is 39.8 Å². The Morgan fingerprint density at radius 2 is 1.67 bits per heavy atom. The second-order valence-electron chi connectivity index (χ2n) is 6.53. The van der Waals surface area contributed by atoms with Gasteiger partial charge in [0.1, 0.15) is 17.4 Å². The van der Waals surface area contributed by atoms with Gasteiger partial charge in [0.2, 0.25) is 0 Å². The van der Waals surface area contributed by atoms with E-state index in [0.29, 0.717) is 16.7 Å². The van der Waals surface area contributed by atoms with Crippen LogP contribution in [0.2, 0.25) is 0 Å². The normalized spacial score (nSPS) is 13.5. The highest BCUT2D eigenvalue weighted by atomic mass is 19.1. The summed E-state index contributed by atoms with van der Waals surface area (Å²) in [5.74, 6) is -1.06. The molecule has 0 spiro atoms. The Morgan fingerprint density at radius 3 is 2.17 bits per heavy atom. The van der Waals surface area contributed by atoms with Crippen LogP contribution in [0.4, 0.5) is 8.78 Å². The van der Waals surface area contributed by atoms with Crippen molar-refractivity contribution < 1.29 is 18.7 Å². The van der Waals surface area contributed by atoms with Crippen LogP contribution in [0.5, 0.6) is 5.75 Å². The fraction of sp³-hybridized carbons (Fsp3) is 0.316. The largest absolute Gasteiger partial charge is 0.508 e. The smallest absolute Gasteiger partial charge is 0.254 e. The number of fused-ring (bicyclic) bond motifs is 1. The van der Waals surface area contributed by atoms with Crippen molar-refractivity contribution in [3.05, 3.63) is 63.7 Å². The van der Waals surface area contributed by atoms with E-state index in [1.165, 1.54) is 4.90 Å². The highest BCUT2D eigenvalue weighted by Crippen LogP contribution is 2.32. The standard InChI is InChI=1S/C19H19F2NO2/c1-10(2)12-7-13(11(3)6-18(12)23)19(24)22-8-14-15(9-22)17(21)5-4-16(14)20/h4-7,10,23H,8-9H2,1-3H3. The average molecular weight is 331 g/mol. The summed E-state index contributed by atoms with van der Waals surface area (Å²) in [4.78, 5) is 14.3. The van der Waals surface area contributed by atoms with E-state index in [9.17, 15) is 18.7 Å². The van der Waals surface area contributed by atoms with Crippen LogP contribution in [0.15, 0.2) is 24.3 Å². The summed E-state index contributed by atoms with van der Waals surface area (Å²) in [6, 6.07) is 5.41. The van der Waals surface area contributed by atoms with Gasteiger partial charge in [-0.3, -0.25) is 4.79 Å². The third-order valence-corrected chi connectivity index (χ3v) is 4.53. The Kier molecular flexibility index (Phi) is 4.03. The zero-order chi connectivity index (χ0) is 17.6. The van der Waals surface area contributed by atoms with Gasteiger partial charge in [-0.25, -0.2) is 8.78 Å². The maximum Gasteiger partial charge on any atom is 0.254 e. The fourth-order valence-electron chi connectivity index (χ4n) is 3.13. The van der Waals surface area contributed by atoms with Crippen molar-refractivity contribution in [3.63, 3.8) is 0 Å². The molecular weight excluding hydrogens is 312 g/mol. The zero-order valence-corrected chi connectivity index (χ0v) is 13.9. The van der Waals surface area contributed by atoms with Gasteiger partial charge in [-0.2, -0.15) is 0 Å². The minimum atomic E-state index is -0.494. The van der Waals surface area contributed by atoms with Crippen LogP contribution < -0.4 is 0 Å². The fourth-order valence-corrected chi connectivity index (χ4v) is 3.13. The summed E-state index contributed by atoms with van der Waals surface area (Å²) in [6.45, 7) is 5.69. The van der Waals surface area contributed by atoms with Crippen molar-refractivity contribution in [2.75, 3.05) is 0 Å². The van der Waals surface area contributed by atoms with E-state index in [1.54, 1.807) is 19.1 Å². The lowest BCUT2D eigenvalue weighted by Gasteiger charge is -2.19. The van der Waals surface area contributed by atoms with E-state index in [2.05, 4.69) is 0 Å². The SMILES string of the molecule is Cc1cc(O)c(C(C)C)cc1C(=O)N1Cc2c(F)ccc(F)c2C1. The number of hydrogen-bond acceptors (Lipinski definition) is 2. The van der Waals surface area contributed by atoms with Crippen LogP contribution in [-0.2, 0) is 13.1 Å². The molecule has 0 atom stereocenters. The lowest BCUT2D eigenvalue weighted by Crippen LogP contribution is -2.26. The van der Waals surface area contributed by atoms with Gasteiger partial charge in [-0.15, -0.1) is 0 Å². The number of aryl methyl sites for hydroxylation is 1. The summed E-state index contributed by atoms with van der Waals surface area (Å²) < 4.78 is 27.7. The van der Waals surface area contributed by atoms with Crippen LogP contribution in [-0.4, -0.2) is 15.9 Å². The predicted octanol–water partition coefficient (Wildman–Crippen LogP) is 4.26. The van der Waals surface area contributed by atoms with Crippen LogP contribution in [0.3, 0.4) is 0 Å². The first-order valence-electron chi connectivity index (χ1n) is 7.88. The van der Waals surface area contributed by atoms with Gasteiger partial charge in [0, 0.05) is 29.8 Å². The third kappa shape index (κ3) is 2.64. The van der Waals surface area contributed by atoms with Crippen LogP contribution in [0, 0.1) is 18.6 Å². The van der Waals surface area contributed by atoms with E-state index in [-0.39, 0.29) is 41.8 Å². The molecule has 2 aromatic rings.